The van der Waals surface area contributed by atoms with Gasteiger partial charge in [0.2, 0.25) is 0 Å². The van der Waals surface area contributed by atoms with Gasteiger partial charge in [0.05, 0.1) is 0 Å². The number of hydrogen-bond donors (Lipinski definition) is 1. The molecule has 0 spiro atoms. The van der Waals surface area contributed by atoms with E-state index in [9.17, 15) is 4.79 Å². The first-order chi connectivity index (χ1) is 5.61. The molecule has 72 valence electrons. The number of nitrogens with one attached hydrogen (secondary N) is 1. The maximum absolute atomic E-state index is 11.4. The van der Waals surface area contributed by atoms with Gasteiger partial charge in [-0.15, -0.1) is 0 Å². The summed E-state index contributed by atoms with van der Waals surface area (Å²) < 4.78 is 0. The van der Waals surface area contributed by atoms with Gasteiger partial charge in [-0.2, -0.15) is 0 Å². The Labute approximate surface area is 75.1 Å². The van der Waals surface area contributed by atoms with Gasteiger partial charge in [-0.25, -0.2) is 4.79 Å². The van der Waals surface area contributed by atoms with Crippen LogP contribution in [0.5, 0.6) is 0 Å². The summed E-state index contributed by atoms with van der Waals surface area (Å²) in [5.41, 5.74) is 0. The summed E-state index contributed by atoms with van der Waals surface area (Å²) in [5.74, 6) is 0. The molecule has 0 bridgehead atoms. The number of urea groups is 1. The molecule has 0 aliphatic rings. The standard InChI is InChI=1S/C9H20N2O/c1-5-7-11(6-2)9(12)10-8(3)4/h8H,5-7H2,1-4H3,(H,10,12). The molecule has 0 aromatic rings. The lowest BCUT2D eigenvalue weighted by Gasteiger charge is -2.21. The molecule has 0 heterocycles. The predicted molar refractivity (Wildman–Crippen MR) is 51.2 cm³/mol. The molecule has 12 heavy (non-hydrogen) atoms. The molecule has 0 saturated carbocycles. The lowest BCUT2D eigenvalue weighted by Crippen LogP contribution is -2.43. The summed E-state index contributed by atoms with van der Waals surface area (Å²) in [4.78, 5) is 13.2. The molecule has 2 amide bonds. The van der Waals surface area contributed by atoms with Crippen LogP contribution in [0.15, 0.2) is 0 Å². The largest absolute Gasteiger partial charge is 0.336 e. The maximum Gasteiger partial charge on any atom is 0.317 e. The molecule has 0 unspecified atom stereocenters. The molecule has 0 fully saturated rings. The number of nitrogens with zero attached hydrogens (tertiary/aromatic N) is 1. The molecule has 0 rings (SSSR count). The van der Waals surface area contributed by atoms with Crippen LogP contribution in [0.1, 0.15) is 34.1 Å². The minimum Gasteiger partial charge on any atom is -0.336 e. The van der Waals surface area contributed by atoms with Crippen molar-refractivity contribution in [3.8, 4) is 0 Å². The van der Waals surface area contributed by atoms with Crippen LogP contribution in [0.2, 0.25) is 0 Å². The molecule has 0 saturated heterocycles. The molecule has 3 heteroatoms. The van der Waals surface area contributed by atoms with Crippen molar-refractivity contribution in [2.24, 2.45) is 0 Å². The molecular weight excluding hydrogens is 152 g/mol. The fourth-order valence-electron chi connectivity index (χ4n) is 1.01. The third-order valence-corrected chi connectivity index (χ3v) is 1.57. The molecule has 0 aliphatic heterocycles. The van der Waals surface area contributed by atoms with Gasteiger partial charge in [-0.3, -0.25) is 0 Å². The second-order valence-electron chi connectivity index (χ2n) is 3.18. The van der Waals surface area contributed by atoms with Crippen molar-refractivity contribution in [2.75, 3.05) is 13.1 Å². The number of carbonyl (C=O) groups is 1. The zero-order valence-corrected chi connectivity index (χ0v) is 8.55. The van der Waals surface area contributed by atoms with Gasteiger partial charge in [0.1, 0.15) is 0 Å². The molecule has 0 aromatic carbocycles. The molecule has 0 atom stereocenters. The summed E-state index contributed by atoms with van der Waals surface area (Å²) in [5, 5.41) is 2.87. The number of hydrogen-bond acceptors (Lipinski definition) is 1. The van der Waals surface area contributed by atoms with Gasteiger partial charge in [0.15, 0.2) is 0 Å². The fourth-order valence-corrected chi connectivity index (χ4v) is 1.01. The van der Waals surface area contributed by atoms with Crippen LogP contribution in [-0.2, 0) is 0 Å². The Kier molecular flexibility index (Phi) is 5.51. The first-order valence-electron chi connectivity index (χ1n) is 4.67. The molecule has 0 radical (unpaired) electrons. The summed E-state index contributed by atoms with van der Waals surface area (Å²) in [6, 6.07) is 0.276. The van der Waals surface area contributed by atoms with Crippen molar-refractivity contribution in [1.29, 1.82) is 0 Å². The lowest BCUT2D eigenvalue weighted by molar-refractivity contribution is 0.198. The van der Waals surface area contributed by atoms with Crippen LogP contribution in [-0.4, -0.2) is 30.1 Å². The summed E-state index contributed by atoms with van der Waals surface area (Å²) in [7, 11) is 0. The molecular formula is C9H20N2O. The van der Waals surface area contributed by atoms with Gasteiger partial charge < -0.3 is 10.2 Å². The Balaban J connectivity index is 3.85. The number of amides is 2. The fraction of sp³-hybridized carbons (Fsp3) is 0.889. The minimum absolute atomic E-state index is 0.0503. The first-order valence-corrected chi connectivity index (χ1v) is 4.67. The minimum atomic E-state index is 0.0503. The highest BCUT2D eigenvalue weighted by Gasteiger charge is 2.09. The van der Waals surface area contributed by atoms with Crippen molar-refractivity contribution in [3.63, 3.8) is 0 Å². The summed E-state index contributed by atoms with van der Waals surface area (Å²) in [6.45, 7) is 9.64. The van der Waals surface area contributed by atoms with Gasteiger partial charge in [0, 0.05) is 19.1 Å². The molecule has 0 aromatic heterocycles. The quantitative estimate of drug-likeness (QED) is 0.689. The van der Waals surface area contributed by atoms with Crippen LogP contribution in [0.4, 0.5) is 4.79 Å². The van der Waals surface area contributed by atoms with E-state index in [0.29, 0.717) is 0 Å². The van der Waals surface area contributed by atoms with Gasteiger partial charge in [-0.1, -0.05) is 6.92 Å². The van der Waals surface area contributed by atoms with Crippen molar-refractivity contribution in [3.05, 3.63) is 0 Å². The third kappa shape index (κ3) is 4.21. The summed E-state index contributed by atoms with van der Waals surface area (Å²) >= 11 is 0. The SMILES string of the molecule is CCCN(CC)C(=O)NC(C)C. The van der Waals surface area contributed by atoms with E-state index in [0.717, 1.165) is 19.5 Å². The Morgan fingerprint density at radius 3 is 2.33 bits per heavy atom. The van der Waals surface area contributed by atoms with Crippen LogP contribution in [0, 0.1) is 0 Å². The van der Waals surface area contributed by atoms with E-state index in [1.807, 2.05) is 25.7 Å². The van der Waals surface area contributed by atoms with Gasteiger partial charge in [0.25, 0.3) is 0 Å². The van der Waals surface area contributed by atoms with Gasteiger partial charge >= 0.3 is 6.03 Å². The number of carbonyl (C=O) groups excluding carboxylic acids is 1. The Morgan fingerprint density at radius 2 is 2.00 bits per heavy atom. The van der Waals surface area contributed by atoms with Crippen molar-refractivity contribution < 1.29 is 4.79 Å². The highest BCUT2D eigenvalue weighted by atomic mass is 16.2. The van der Waals surface area contributed by atoms with E-state index < -0.39 is 0 Å². The van der Waals surface area contributed by atoms with Gasteiger partial charge in [-0.05, 0) is 27.2 Å². The normalized spacial score (nSPS) is 10.1. The second-order valence-corrected chi connectivity index (χ2v) is 3.18. The zero-order chi connectivity index (χ0) is 9.56. The Bertz CT molecular complexity index is 134. The van der Waals surface area contributed by atoms with E-state index in [1.54, 1.807) is 0 Å². The summed E-state index contributed by atoms with van der Waals surface area (Å²) in [6.07, 6.45) is 1.01. The second kappa shape index (κ2) is 5.86. The lowest BCUT2D eigenvalue weighted by atomic mass is 10.4. The zero-order valence-electron chi connectivity index (χ0n) is 8.55. The third-order valence-electron chi connectivity index (χ3n) is 1.57. The topological polar surface area (TPSA) is 32.3 Å². The van der Waals surface area contributed by atoms with Crippen molar-refractivity contribution in [2.45, 2.75) is 40.2 Å². The number of rotatable bonds is 4. The Hall–Kier alpha value is -0.730. The Morgan fingerprint density at radius 1 is 1.42 bits per heavy atom. The molecule has 3 nitrogen and oxygen atoms in total. The van der Waals surface area contributed by atoms with Crippen LogP contribution in [0.3, 0.4) is 0 Å². The van der Waals surface area contributed by atoms with Crippen LogP contribution >= 0.6 is 0 Å². The van der Waals surface area contributed by atoms with Crippen molar-refractivity contribution in [1.82, 2.24) is 10.2 Å². The average molecular weight is 172 g/mol. The average Bonchev–Trinajstić information content (AvgIpc) is 1.98. The molecule has 1 N–H and O–H groups in total. The van der Waals surface area contributed by atoms with E-state index in [4.69, 9.17) is 0 Å². The monoisotopic (exact) mass is 172 g/mol. The first kappa shape index (κ1) is 11.3. The maximum atomic E-state index is 11.4. The van der Waals surface area contributed by atoms with Crippen molar-refractivity contribution >= 4 is 6.03 Å². The highest BCUT2D eigenvalue weighted by molar-refractivity contribution is 5.74. The van der Waals surface area contributed by atoms with E-state index in [-0.39, 0.29) is 12.1 Å². The van der Waals surface area contributed by atoms with E-state index in [2.05, 4.69) is 12.2 Å². The molecule has 0 aliphatic carbocycles. The van der Waals surface area contributed by atoms with E-state index >= 15 is 0 Å². The van der Waals surface area contributed by atoms with Crippen LogP contribution < -0.4 is 5.32 Å². The predicted octanol–water partition coefficient (Wildman–Crippen LogP) is 1.84. The van der Waals surface area contributed by atoms with Crippen LogP contribution in [0.25, 0.3) is 0 Å². The highest BCUT2D eigenvalue weighted by Crippen LogP contribution is 1.92. The smallest absolute Gasteiger partial charge is 0.317 e. The van der Waals surface area contributed by atoms with E-state index in [1.165, 1.54) is 0 Å².